The molecule has 212 valence electrons. The van der Waals surface area contributed by atoms with Crippen LogP contribution in [0.5, 0.6) is 5.75 Å². The van der Waals surface area contributed by atoms with E-state index in [4.69, 9.17) is 14.3 Å². The molecular weight excluding hydrogens is 551 g/mol. The molecule has 14 heteroatoms. The Morgan fingerprint density at radius 1 is 1.20 bits per heavy atom. The number of hydrogen-bond donors (Lipinski definition) is 2. The monoisotopic (exact) mass is 577 g/mol. The van der Waals surface area contributed by atoms with Gasteiger partial charge in [-0.1, -0.05) is 0 Å². The van der Waals surface area contributed by atoms with Crippen molar-refractivity contribution in [2.24, 2.45) is 5.92 Å². The largest absolute Gasteiger partial charge is 0.490 e. The molecular formula is C26H26F3N5O5S. The summed E-state index contributed by atoms with van der Waals surface area (Å²) in [7, 11) is 1.35. The predicted octanol–water partition coefficient (Wildman–Crippen LogP) is 4.02. The van der Waals surface area contributed by atoms with Crippen LogP contribution in [-0.4, -0.2) is 52.2 Å². The van der Waals surface area contributed by atoms with Gasteiger partial charge >= 0.3 is 12.1 Å². The smallest absolute Gasteiger partial charge is 0.451 e. The molecule has 0 spiro atoms. The summed E-state index contributed by atoms with van der Waals surface area (Å²) in [5, 5.41) is 3.46. The normalized spacial score (nSPS) is 22.6. The summed E-state index contributed by atoms with van der Waals surface area (Å²) < 4.78 is 49.4. The van der Waals surface area contributed by atoms with Crippen LogP contribution < -0.4 is 15.5 Å². The zero-order valence-electron chi connectivity index (χ0n) is 21.7. The van der Waals surface area contributed by atoms with Crippen molar-refractivity contribution in [1.82, 2.24) is 25.7 Å². The number of amides is 1. The molecule has 2 fully saturated rings. The number of alkyl halides is 3. The minimum atomic E-state index is -4.66. The minimum absolute atomic E-state index is 0.130. The van der Waals surface area contributed by atoms with Crippen molar-refractivity contribution in [2.75, 3.05) is 13.7 Å². The van der Waals surface area contributed by atoms with Crippen LogP contribution in [0, 0.1) is 12.8 Å². The van der Waals surface area contributed by atoms with Crippen molar-refractivity contribution in [2.45, 2.75) is 50.6 Å². The topological polar surface area (TPSA) is 125 Å². The Morgan fingerprint density at radius 3 is 2.60 bits per heavy atom. The Bertz CT molecular complexity index is 1420. The van der Waals surface area contributed by atoms with E-state index in [-0.39, 0.29) is 30.1 Å². The van der Waals surface area contributed by atoms with Crippen LogP contribution in [0.2, 0.25) is 0 Å². The van der Waals surface area contributed by atoms with Crippen molar-refractivity contribution in [3.8, 4) is 16.3 Å². The van der Waals surface area contributed by atoms with Gasteiger partial charge < -0.3 is 14.8 Å². The van der Waals surface area contributed by atoms with E-state index in [0.29, 0.717) is 34.7 Å². The van der Waals surface area contributed by atoms with Gasteiger partial charge in [0, 0.05) is 52.6 Å². The van der Waals surface area contributed by atoms with Crippen LogP contribution in [0.15, 0.2) is 36.8 Å². The third-order valence-corrected chi connectivity index (χ3v) is 7.87. The van der Waals surface area contributed by atoms with Crippen LogP contribution in [0.1, 0.15) is 52.4 Å². The first-order chi connectivity index (χ1) is 19.0. The van der Waals surface area contributed by atoms with E-state index in [2.05, 4.69) is 25.7 Å². The molecule has 1 aliphatic carbocycles. The number of benzene rings is 1. The number of hydroxylamine groups is 1. The number of halogens is 3. The van der Waals surface area contributed by atoms with Gasteiger partial charge in [-0.15, -0.1) is 11.3 Å². The van der Waals surface area contributed by atoms with E-state index >= 15 is 0 Å². The molecule has 0 radical (unpaired) electrons. The number of esters is 1. The molecule has 1 saturated carbocycles. The summed E-state index contributed by atoms with van der Waals surface area (Å²) >= 11 is 1.45. The summed E-state index contributed by atoms with van der Waals surface area (Å²) in [6, 6.07) is 4.16. The molecule has 1 amide bonds. The molecule has 3 heterocycles. The molecule has 40 heavy (non-hydrogen) atoms. The minimum Gasteiger partial charge on any atom is -0.490 e. The van der Waals surface area contributed by atoms with E-state index in [1.165, 1.54) is 18.4 Å². The van der Waals surface area contributed by atoms with Gasteiger partial charge in [-0.2, -0.15) is 18.7 Å². The number of nitrogens with one attached hydrogen (secondary N) is 2. The van der Waals surface area contributed by atoms with Crippen LogP contribution in [-0.2, 0) is 20.5 Å². The second kappa shape index (κ2) is 10.7. The maximum absolute atomic E-state index is 13.2. The summed E-state index contributed by atoms with van der Waals surface area (Å²) in [5.41, 5.74) is 3.40. The fourth-order valence-electron chi connectivity index (χ4n) is 4.83. The number of methoxy groups -OCH3 is 1. The summed E-state index contributed by atoms with van der Waals surface area (Å²) in [6.07, 6.45) is 0.142. The van der Waals surface area contributed by atoms with Crippen LogP contribution >= 0.6 is 11.3 Å². The van der Waals surface area contributed by atoms with Gasteiger partial charge in [-0.3, -0.25) is 14.4 Å². The first-order valence-electron chi connectivity index (χ1n) is 12.4. The van der Waals surface area contributed by atoms with Gasteiger partial charge in [-0.05, 0) is 38.5 Å². The van der Waals surface area contributed by atoms with Crippen LogP contribution in [0.3, 0.4) is 0 Å². The maximum Gasteiger partial charge on any atom is 0.451 e. The molecule has 1 aliphatic heterocycles. The van der Waals surface area contributed by atoms with Crippen molar-refractivity contribution < 1.29 is 37.1 Å². The molecule has 3 unspecified atom stereocenters. The molecule has 2 aromatic heterocycles. The predicted molar refractivity (Wildman–Crippen MR) is 136 cm³/mol. The Morgan fingerprint density at radius 2 is 1.95 bits per heavy atom. The lowest BCUT2D eigenvalue weighted by Gasteiger charge is -2.29. The Hall–Kier alpha value is -3.62. The maximum atomic E-state index is 13.2. The Balaban J connectivity index is 1.35. The van der Waals surface area contributed by atoms with Gasteiger partial charge in [0.25, 0.3) is 5.91 Å². The molecule has 1 saturated heterocycles. The Kier molecular flexibility index (Phi) is 7.50. The van der Waals surface area contributed by atoms with E-state index in [1.807, 2.05) is 6.92 Å². The van der Waals surface area contributed by atoms with Crippen molar-refractivity contribution in [3.63, 3.8) is 0 Å². The van der Waals surface area contributed by atoms with Gasteiger partial charge in [-0.25, -0.2) is 15.0 Å². The first-order valence-corrected chi connectivity index (χ1v) is 13.2. The molecule has 10 nitrogen and oxygen atoms in total. The highest BCUT2D eigenvalue weighted by Gasteiger charge is 2.56. The summed E-state index contributed by atoms with van der Waals surface area (Å²) in [5.74, 6) is -1.99. The molecule has 1 aromatic carbocycles. The highest BCUT2D eigenvalue weighted by molar-refractivity contribution is 7.14. The third kappa shape index (κ3) is 5.78. The van der Waals surface area contributed by atoms with Crippen LogP contribution in [0.25, 0.3) is 10.6 Å². The second-order valence-electron chi connectivity index (χ2n) is 9.89. The van der Waals surface area contributed by atoms with Crippen molar-refractivity contribution in [1.29, 1.82) is 0 Å². The SMILES string of the molecule is COC(=O)C1CC2(COc3cc(C(=O)N[C@H](C)c4cnc(C(F)(F)F)nc4)cc(-c4ncc(C)s4)c3)CC1NO2. The number of ether oxygens (including phenoxy) is 2. The molecule has 4 atom stereocenters. The number of carbonyl (C=O) groups is 2. The van der Waals surface area contributed by atoms with Gasteiger partial charge in [0.15, 0.2) is 0 Å². The van der Waals surface area contributed by atoms with Crippen molar-refractivity contribution >= 4 is 23.2 Å². The lowest BCUT2D eigenvalue weighted by molar-refractivity contribution is -0.157. The molecule has 2 N–H and O–H groups in total. The standard InChI is InChI=1S/C26H26F3N5O5S/c1-13-9-30-22(40-13)16-4-15(21(35)33-14(2)17-10-31-24(32-11-17)26(27,28)29)5-18(6-16)38-12-25-7-19(23(36)37-3)20(8-25)34-39-25/h4-6,9-11,14,19-20,34H,7-8,12H2,1-3H3,(H,33,35)/t14-,19?,20?,25?/m1/s1. The number of carbonyl (C=O) groups excluding carboxylic acids is 2. The highest BCUT2D eigenvalue weighted by Crippen LogP contribution is 2.43. The van der Waals surface area contributed by atoms with E-state index in [1.54, 1.807) is 31.3 Å². The lowest BCUT2D eigenvalue weighted by atomic mass is 10.0. The van der Waals surface area contributed by atoms with Gasteiger partial charge in [0.2, 0.25) is 5.82 Å². The highest BCUT2D eigenvalue weighted by atomic mass is 32.1. The molecule has 2 bridgehead atoms. The van der Waals surface area contributed by atoms with Gasteiger partial charge in [0.1, 0.15) is 23.0 Å². The van der Waals surface area contributed by atoms with Crippen molar-refractivity contribution in [3.05, 3.63) is 58.6 Å². The summed E-state index contributed by atoms with van der Waals surface area (Å²) in [4.78, 5) is 43.3. The van der Waals surface area contributed by atoms with Gasteiger partial charge in [0.05, 0.1) is 19.1 Å². The fraction of sp³-hybridized carbons (Fsp3) is 0.423. The fourth-order valence-corrected chi connectivity index (χ4v) is 5.59. The quantitative estimate of drug-likeness (QED) is 0.382. The number of thiazole rings is 1. The number of hydrogen-bond acceptors (Lipinski definition) is 10. The number of fused-ring (bicyclic) bond motifs is 2. The van der Waals surface area contributed by atoms with Crippen LogP contribution in [0.4, 0.5) is 13.2 Å². The third-order valence-electron chi connectivity index (χ3n) is 6.91. The second-order valence-corrected chi connectivity index (χ2v) is 11.1. The summed E-state index contributed by atoms with van der Waals surface area (Å²) in [6.45, 7) is 3.67. The number of aromatic nitrogens is 3. The van der Waals surface area contributed by atoms with E-state index < -0.39 is 29.6 Å². The lowest BCUT2D eigenvalue weighted by Crippen LogP contribution is -2.43. The zero-order chi connectivity index (χ0) is 28.7. The number of rotatable bonds is 8. The first kappa shape index (κ1) is 27.9. The van der Waals surface area contributed by atoms with E-state index in [0.717, 1.165) is 17.3 Å². The molecule has 2 aliphatic rings. The average molecular weight is 578 g/mol. The number of nitrogens with zero attached hydrogens (tertiary/aromatic N) is 3. The zero-order valence-corrected chi connectivity index (χ0v) is 22.6. The van der Waals surface area contributed by atoms with E-state index in [9.17, 15) is 22.8 Å². The molecule has 3 aromatic rings. The Labute approximate surface area is 231 Å². The average Bonchev–Trinajstić information content (AvgIpc) is 3.66. The number of aryl methyl sites for hydroxylation is 1. The molecule has 5 rings (SSSR count).